The van der Waals surface area contributed by atoms with Gasteiger partial charge in [0.05, 0.1) is 12.3 Å². The summed E-state index contributed by atoms with van der Waals surface area (Å²) < 4.78 is 5.75. The minimum atomic E-state index is -0.173. The van der Waals surface area contributed by atoms with Gasteiger partial charge < -0.3 is 9.84 Å². The summed E-state index contributed by atoms with van der Waals surface area (Å²) in [5, 5.41) is 10.1. The highest BCUT2D eigenvalue weighted by molar-refractivity contribution is 5.47. The molecule has 1 atom stereocenters. The van der Waals surface area contributed by atoms with Crippen LogP contribution in [0.2, 0.25) is 0 Å². The predicted octanol–water partition coefficient (Wildman–Crippen LogP) is 2.72. The fraction of sp³-hybridized carbons (Fsp3) is 0.214. The Morgan fingerprint density at radius 1 is 1.29 bits per heavy atom. The second kappa shape index (κ2) is 3.86. The average molecular weight is 227 g/mol. The van der Waals surface area contributed by atoms with E-state index >= 15 is 0 Å². The number of aromatic nitrogens is 1. The minimum Gasteiger partial charge on any atom is -0.506 e. The highest BCUT2D eigenvalue weighted by atomic mass is 16.5. The van der Waals surface area contributed by atoms with E-state index in [-0.39, 0.29) is 11.9 Å². The summed E-state index contributed by atoms with van der Waals surface area (Å²) in [6.45, 7) is 2.31. The summed E-state index contributed by atoms with van der Waals surface area (Å²) in [4.78, 5) is 4.15. The number of nitrogens with zero attached hydrogens (tertiary/aromatic N) is 1. The van der Waals surface area contributed by atoms with E-state index in [0.717, 1.165) is 16.7 Å². The first-order valence-electron chi connectivity index (χ1n) is 5.61. The van der Waals surface area contributed by atoms with Crippen molar-refractivity contribution in [1.82, 2.24) is 4.98 Å². The van der Waals surface area contributed by atoms with E-state index in [1.165, 1.54) is 0 Å². The van der Waals surface area contributed by atoms with Crippen LogP contribution in [-0.2, 0) is 11.3 Å². The van der Waals surface area contributed by atoms with Gasteiger partial charge in [0.25, 0.3) is 0 Å². The van der Waals surface area contributed by atoms with Crippen LogP contribution in [-0.4, -0.2) is 10.1 Å². The molecule has 1 aliphatic heterocycles. The standard InChI is InChI=1S/C14H13NO2/c1-9-13(16)12-11(7-15-9)8-17-14(12)10-5-3-2-4-6-10/h2-7,14,16H,8H2,1H3/t14-/m0/s1. The molecule has 2 heterocycles. The van der Waals surface area contributed by atoms with Crippen molar-refractivity contribution in [3.8, 4) is 5.75 Å². The van der Waals surface area contributed by atoms with Crippen molar-refractivity contribution in [2.75, 3.05) is 0 Å². The van der Waals surface area contributed by atoms with Gasteiger partial charge in [-0.25, -0.2) is 0 Å². The van der Waals surface area contributed by atoms with Gasteiger partial charge in [-0.3, -0.25) is 4.98 Å². The molecule has 3 rings (SSSR count). The number of aromatic hydroxyl groups is 1. The first-order chi connectivity index (χ1) is 8.27. The predicted molar refractivity (Wildman–Crippen MR) is 63.7 cm³/mol. The Kier molecular flexibility index (Phi) is 2.34. The van der Waals surface area contributed by atoms with Crippen molar-refractivity contribution >= 4 is 0 Å². The molecule has 0 unspecified atom stereocenters. The van der Waals surface area contributed by atoms with Crippen LogP contribution in [0.15, 0.2) is 36.5 Å². The van der Waals surface area contributed by atoms with E-state index in [1.807, 2.05) is 30.3 Å². The van der Waals surface area contributed by atoms with Crippen LogP contribution in [0.25, 0.3) is 0 Å². The highest BCUT2D eigenvalue weighted by Gasteiger charge is 2.29. The summed E-state index contributed by atoms with van der Waals surface area (Å²) in [6, 6.07) is 9.94. The van der Waals surface area contributed by atoms with Crippen molar-refractivity contribution in [2.24, 2.45) is 0 Å². The third-order valence-corrected chi connectivity index (χ3v) is 3.13. The molecule has 1 aromatic carbocycles. The van der Waals surface area contributed by atoms with Gasteiger partial charge in [0.1, 0.15) is 11.9 Å². The topological polar surface area (TPSA) is 42.4 Å². The fourth-order valence-corrected chi connectivity index (χ4v) is 2.21. The molecule has 0 bridgehead atoms. The summed E-state index contributed by atoms with van der Waals surface area (Å²) in [5.74, 6) is 0.258. The molecule has 3 heteroatoms. The van der Waals surface area contributed by atoms with E-state index in [1.54, 1.807) is 13.1 Å². The third kappa shape index (κ3) is 1.59. The maximum absolute atomic E-state index is 10.1. The molecule has 0 saturated heterocycles. The molecule has 17 heavy (non-hydrogen) atoms. The van der Waals surface area contributed by atoms with Gasteiger partial charge in [-0.2, -0.15) is 0 Å². The average Bonchev–Trinajstić information content (AvgIpc) is 2.79. The number of aryl methyl sites for hydroxylation is 1. The van der Waals surface area contributed by atoms with E-state index in [0.29, 0.717) is 12.3 Å². The van der Waals surface area contributed by atoms with Crippen molar-refractivity contribution in [2.45, 2.75) is 19.6 Å². The van der Waals surface area contributed by atoms with E-state index in [2.05, 4.69) is 4.98 Å². The third-order valence-electron chi connectivity index (χ3n) is 3.13. The molecule has 1 N–H and O–H groups in total. The van der Waals surface area contributed by atoms with Gasteiger partial charge in [0.15, 0.2) is 0 Å². The monoisotopic (exact) mass is 227 g/mol. The first kappa shape index (κ1) is 10.3. The molecule has 2 aromatic rings. The minimum absolute atomic E-state index is 0.173. The zero-order valence-electron chi connectivity index (χ0n) is 9.55. The quantitative estimate of drug-likeness (QED) is 0.814. The number of rotatable bonds is 1. The zero-order chi connectivity index (χ0) is 11.8. The smallest absolute Gasteiger partial charge is 0.143 e. The lowest BCUT2D eigenvalue weighted by Gasteiger charge is -2.13. The first-order valence-corrected chi connectivity index (χ1v) is 5.61. The van der Waals surface area contributed by atoms with Crippen LogP contribution in [0.1, 0.15) is 28.5 Å². The maximum atomic E-state index is 10.1. The van der Waals surface area contributed by atoms with Crippen molar-refractivity contribution in [3.05, 3.63) is 58.9 Å². The zero-order valence-corrected chi connectivity index (χ0v) is 9.55. The Morgan fingerprint density at radius 3 is 2.82 bits per heavy atom. The number of benzene rings is 1. The number of ether oxygens (including phenoxy) is 1. The molecule has 0 aliphatic carbocycles. The highest BCUT2D eigenvalue weighted by Crippen LogP contribution is 2.41. The molecular weight excluding hydrogens is 214 g/mol. The van der Waals surface area contributed by atoms with Crippen LogP contribution < -0.4 is 0 Å². The van der Waals surface area contributed by atoms with Crippen LogP contribution in [0.5, 0.6) is 5.75 Å². The second-order valence-corrected chi connectivity index (χ2v) is 4.23. The molecule has 0 saturated carbocycles. The number of pyridine rings is 1. The Balaban J connectivity index is 2.13. The normalized spacial score (nSPS) is 18.1. The molecule has 1 aliphatic rings. The van der Waals surface area contributed by atoms with Crippen molar-refractivity contribution in [1.29, 1.82) is 0 Å². The molecule has 0 spiro atoms. The molecule has 86 valence electrons. The Hall–Kier alpha value is -1.87. The second-order valence-electron chi connectivity index (χ2n) is 4.23. The lowest BCUT2D eigenvalue weighted by Crippen LogP contribution is -1.99. The lowest BCUT2D eigenvalue weighted by molar-refractivity contribution is 0.0928. The van der Waals surface area contributed by atoms with Gasteiger partial charge in [-0.1, -0.05) is 30.3 Å². The maximum Gasteiger partial charge on any atom is 0.143 e. The summed E-state index contributed by atoms with van der Waals surface area (Å²) in [5.41, 5.74) is 3.55. The Bertz CT molecular complexity index is 552. The molecule has 3 nitrogen and oxygen atoms in total. The van der Waals surface area contributed by atoms with Crippen LogP contribution >= 0.6 is 0 Å². The van der Waals surface area contributed by atoms with Crippen molar-refractivity contribution < 1.29 is 9.84 Å². The van der Waals surface area contributed by atoms with Gasteiger partial charge in [0, 0.05) is 17.3 Å². The molecule has 1 aromatic heterocycles. The number of hydrogen-bond donors (Lipinski definition) is 1. The molecule has 0 radical (unpaired) electrons. The van der Waals surface area contributed by atoms with Crippen LogP contribution in [0.4, 0.5) is 0 Å². The number of fused-ring (bicyclic) bond motifs is 1. The van der Waals surface area contributed by atoms with Gasteiger partial charge in [-0.05, 0) is 12.5 Å². The summed E-state index contributed by atoms with van der Waals surface area (Å²) in [7, 11) is 0. The van der Waals surface area contributed by atoms with Gasteiger partial charge in [-0.15, -0.1) is 0 Å². The Morgan fingerprint density at radius 2 is 2.06 bits per heavy atom. The summed E-state index contributed by atoms with van der Waals surface area (Å²) in [6.07, 6.45) is 1.61. The van der Waals surface area contributed by atoms with E-state index < -0.39 is 0 Å². The van der Waals surface area contributed by atoms with Crippen LogP contribution in [0, 0.1) is 6.92 Å². The van der Waals surface area contributed by atoms with E-state index in [9.17, 15) is 5.11 Å². The number of hydrogen-bond acceptors (Lipinski definition) is 3. The largest absolute Gasteiger partial charge is 0.506 e. The van der Waals surface area contributed by atoms with Gasteiger partial charge >= 0.3 is 0 Å². The lowest BCUT2D eigenvalue weighted by atomic mass is 9.99. The molecule has 0 amide bonds. The van der Waals surface area contributed by atoms with Gasteiger partial charge in [0.2, 0.25) is 0 Å². The van der Waals surface area contributed by atoms with Crippen molar-refractivity contribution in [3.63, 3.8) is 0 Å². The van der Waals surface area contributed by atoms with E-state index in [4.69, 9.17) is 4.74 Å². The van der Waals surface area contributed by atoms with Crippen LogP contribution in [0.3, 0.4) is 0 Å². The summed E-state index contributed by atoms with van der Waals surface area (Å²) >= 11 is 0. The molecule has 0 fully saturated rings. The Labute approximate surface area is 99.7 Å². The SMILES string of the molecule is Cc1ncc2c(c1O)[C@H](c1ccccc1)OC2. The molecular formula is C14H13NO2. The fourth-order valence-electron chi connectivity index (χ4n) is 2.21.